The minimum absolute atomic E-state index is 0.144. The molecule has 46 heavy (non-hydrogen) atoms. The molecule has 0 aliphatic carbocycles. The predicted octanol–water partition coefficient (Wildman–Crippen LogP) is -0.200. The normalized spacial score (nSPS) is 15.2. The Balaban J connectivity index is 1.46. The van der Waals surface area contributed by atoms with Gasteiger partial charge in [0.05, 0.1) is 0 Å². The third-order valence-corrected chi connectivity index (χ3v) is 11.5. The van der Waals surface area contributed by atoms with E-state index in [0.717, 1.165) is 16.3 Å². The molecular formula is C32H37IN5O6S2-. The van der Waals surface area contributed by atoms with E-state index in [1.807, 2.05) is 57.2 Å². The molecule has 4 N–H and O–H groups in total. The van der Waals surface area contributed by atoms with Gasteiger partial charge in [-0.05, 0) is 12.1 Å². The zero-order chi connectivity index (χ0) is 33.3. The van der Waals surface area contributed by atoms with Gasteiger partial charge in [0.2, 0.25) is 0 Å². The summed E-state index contributed by atoms with van der Waals surface area (Å²) in [7, 11) is 1.37. The molecule has 2 aromatic carbocycles. The van der Waals surface area contributed by atoms with Crippen LogP contribution in [0.25, 0.3) is 10.8 Å². The van der Waals surface area contributed by atoms with E-state index in [1.165, 1.54) is 23.8 Å². The number of halogens is 1. The number of carbonyl (C=O) groups excluding carboxylic acids is 4. The van der Waals surface area contributed by atoms with Crippen LogP contribution < -0.4 is 40.8 Å². The number of thioether (sulfide) groups is 1. The number of ether oxygens (including phenoxy) is 1. The molecule has 3 aromatic rings. The van der Waals surface area contributed by atoms with Crippen LogP contribution in [-0.2, 0) is 25.6 Å². The van der Waals surface area contributed by atoms with Crippen molar-refractivity contribution in [1.29, 1.82) is 0 Å². The molecule has 0 saturated carbocycles. The number of fused-ring (bicyclic) bond motifs is 1. The number of rotatable bonds is 13. The predicted molar refractivity (Wildman–Crippen MR) is 176 cm³/mol. The second-order valence-electron chi connectivity index (χ2n) is 11.5. The first-order chi connectivity index (χ1) is 22.0. The molecule has 1 aromatic heterocycles. The molecule has 1 aliphatic heterocycles. The quantitative estimate of drug-likeness (QED) is 0.137. The molecule has 14 heteroatoms. The van der Waals surface area contributed by atoms with Crippen molar-refractivity contribution in [2.24, 2.45) is 0 Å². The standard InChI is InChI=1S/C32H37IN5O6S2/c1-32(2,3)37-30(42)25-19-46-33-38(25)31(43)28(40)23(15-20-9-6-5-7-10-20)36-29(41)24(18-45-4)35-27(39)17-44-26-12-8-11-21-16-34-14-13-22(21)26/h5-14,16,19,23-24,28,40H,15,17-18H2,1-4H3,(H,35,39)(H,36,41)(H,37,42)/q-1/t23?,24?,28-/m0/s1. The SMILES string of the molecule is CSCC(NC(=O)COc1cccc2cnccc12)C(=O)NC(Cc1ccccc1)[C@H](O)C(=O)N1[I-]SC=C1C(=O)NC(C)(C)C. The number of nitrogens with zero attached hydrogens (tertiary/aromatic N) is 2. The van der Waals surface area contributed by atoms with Crippen LogP contribution in [0.1, 0.15) is 26.3 Å². The molecule has 0 fully saturated rings. The van der Waals surface area contributed by atoms with Crippen LogP contribution in [0.3, 0.4) is 0 Å². The fourth-order valence-corrected chi connectivity index (χ4v) is 9.44. The van der Waals surface area contributed by atoms with E-state index in [9.17, 15) is 24.3 Å². The molecule has 0 spiro atoms. The number of pyridine rings is 1. The van der Waals surface area contributed by atoms with Crippen LogP contribution in [0.2, 0.25) is 0 Å². The van der Waals surface area contributed by atoms with Crippen molar-refractivity contribution in [2.75, 3.05) is 18.6 Å². The summed E-state index contributed by atoms with van der Waals surface area (Å²) in [6, 6.07) is 14.4. The summed E-state index contributed by atoms with van der Waals surface area (Å²) >= 11 is 0.368. The van der Waals surface area contributed by atoms with Crippen molar-refractivity contribution in [1.82, 2.24) is 24.0 Å². The van der Waals surface area contributed by atoms with Gasteiger partial charge in [-0.3, -0.25) is 4.98 Å². The molecule has 2 unspecified atom stereocenters. The molecule has 1 aliphatic rings. The van der Waals surface area contributed by atoms with Crippen LogP contribution in [0.15, 0.2) is 78.1 Å². The Morgan fingerprint density at radius 2 is 1.83 bits per heavy atom. The number of aromatic nitrogens is 1. The molecule has 2 heterocycles. The van der Waals surface area contributed by atoms with Gasteiger partial charge in [0.15, 0.2) is 0 Å². The van der Waals surface area contributed by atoms with E-state index in [-0.39, 0.29) is 24.5 Å². The Bertz CT molecular complexity index is 1580. The Kier molecular flexibility index (Phi) is 12.7. The van der Waals surface area contributed by atoms with Gasteiger partial charge in [-0.2, -0.15) is 0 Å². The van der Waals surface area contributed by atoms with Crippen molar-refractivity contribution >= 4 is 55.1 Å². The fraction of sp³-hybridized carbons (Fsp3) is 0.344. The van der Waals surface area contributed by atoms with Crippen molar-refractivity contribution in [3.63, 3.8) is 0 Å². The maximum absolute atomic E-state index is 13.6. The van der Waals surface area contributed by atoms with Crippen molar-refractivity contribution < 1.29 is 49.1 Å². The molecule has 0 bridgehead atoms. The molecular weight excluding hydrogens is 741 g/mol. The molecule has 246 valence electrons. The van der Waals surface area contributed by atoms with Crippen molar-refractivity contribution in [3.8, 4) is 5.75 Å². The summed E-state index contributed by atoms with van der Waals surface area (Å²) < 4.78 is 7.12. The second-order valence-corrected chi connectivity index (χ2v) is 16.6. The number of nitrogens with one attached hydrogen (secondary N) is 3. The zero-order valence-electron chi connectivity index (χ0n) is 25.9. The van der Waals surface area contributed by atoms with Gasteiger partial charge in [0.1, 0.15) is 0 Å². The number of hydrogen-bond acceptors (Lipinski definition) is 9. The van der Waals surface area contributed by atoms with E-state index in [1.54, 1.807) is 42.3 Å². The zero-order valence-corrected chi connectivity index (χ0v) is 29.6. The Labute approximate surface area is 285 Å². The first-order valence-corrected chi connectivity index (χ1v) is 20.2. The van der Waals surface area contributed by atoms with Crippen LogP contribution >= 0.6 is 20.7 Å². The first-order valence-electron chi connectivity index (χ1n) is 14.4. The van der Waals surface area contributed by atoms with Gasteiger partial charge in [-0.25, -0.2) is 0 Å². The van der Waals surface area contributed by atoms with Crippen molar-refractivity contribution in [2.45, 2.75) is 50.9 Å². The third-order valence-electron chi connectivity index (χ3n) is 6.64. The van der Waals surface area contributed by atoms with E-state index < -0.39 is 67.4 Å². The molecule has 0 radical (unpaired) electrons. The third kappa shape index (κ3) is 9.83. The monoisotopic (exact) mass is 778 g/mol. The Hall–Kier alpha value is -3.34. The summed E-state index contributed by atoms with van der Waals surface area (Å²) in [6.45, 7) is 5.20. The molecule has 3 atom stereocenters. The molecule has 4 amide bonds. The van der Waals surface area contributed by atoms with Gasteiger partial charge >= 0.3 is 235 Å². The summed E-state index contributed by atoms with van der Waals surface area (Å²) in [5, 5.41) is 23.1. The average molecular weight is 779 g/mol. The van der Waals surface area contributed by atoms with Crippen LogP contribution in [0.4, 0.5) is 0 Å². The van der Waals surface area contributed by atoms with Gasteiger partial charge in [0, 0.05) is 23.2 Å². The number of aliphatic hydroxyl groups is 1. The van der Waals surface area contributed by atoms with Gasteiger partial charge in [-0.1, -0.05) is 12.1 Å². The van der Waals surface area contributed by atoms with E-state index in [0.29, 0.717) is 5.75 Å². The van der Waals surface area contributed by atoms with E-state index in [2.05, 4.69) is 20.9 Å². The number of amides is 4. The summed E-state index contributed by atoms with van der Waals surface area (Å²) in [4.78, 5) is 57.2. The summed E-state index contributed by atoms with van der Waals surface area (Å²) in [5.74, 6) is -1.38. The Morgan fingerprint density at radius 3 is 2.54 bits per heavy atom. The van der Waals surface area contributed by atoms with E-state index >= 15 is 0 Å². The maximum atomic E-state index is 13.6. The molecule has 4 rings (SSSR count). The number of carbonyl (C=O) groups is 4. The number of aliphatic hydroxyl groups excluding tert-OH is 1. The fourth-order valence-electron chi connectivity index (χ4n) is 4.51. The average Bonchev–Trinajstić information content (AvgIpc) is 3.53. The van der Waals surface area contributed by atoms with Gasteiger partial charge in [-0.15, -0.1) is 0 Å². The van der Waals surface area contributed by atoms with Crippen molar-refractivity contribution in [3.05, 3.63) is 83.7 Å². The topological polar surface area (TPSA) is 150 Å². The van der Waals surface area contributed by atoms with Gasteiger partial charge < -0.3 is 0 Å². The first kappa shape index (κ1) is 35.5. The number of hydrogen-bond donors (Lipinski definition) is 4. The Morgan fingerprint density at radius 1 is 1.07 bits per heavy atom. The minimum atomic E-state index is -1.65. The van der Waals surface area contributed by atoms with Crippen LogP contribution in [0.5, 0.6) is 5.75 Å². The summed E-state index contributed by atoms with van der Waals surface area (Å²) in [5.41, 5.74) is 0.446. The van der Waals surface area contributed by atoms with Gasteiger partial charge in [0.25, 0.3) is 0 Å². The molecule has 0 saturated heterocycles. The second kappa shape index (κ2) is 16.5. The molecule has 11 nitrogen and oxygen atoms in total. The van der Waals surface area contributed by atoms with Crippen LogP contribution in [0, 0.1) is 0 Å². The van der Waals surface area contributed by atoms with E-state index in [4.69, 9.17) is 4.74 Å². The summed E-state index contributed by atoms with van der Waals surface area (Å²) in [6.07, 6.45) is 3.64. The van der Waals surface area contributed by atoms with Crippen LogP contribution in [-0.4, -0.2) is 79.2 Å². The number of benzene rings is 2.